The number of oxazole rings is 1. The lowest BCUT2D eigenvalue weighted by molar-refractivity contribution is 0.473. The Morgan fingerprint density at radius 2 is 2.40 bits per heavy atom. The summed E-state index contributed by atoms with van der Waals surface area (Å²) >= 11 is 0. The van der Waals surface area contributed by atoms with Crippen molar-refractivity contribution in [3.63, 3.8) is 0 Å². The van der Waals surface area contributed by atoms with E-state index in [2.05, 4.69) is 27.4 Å². The minimum atomic E-state index is 0.649. The maximum Gasteiger partial charge on any atom is 0.180 e. The van der Waals surface area contributed by atoms with Crippen molar-refractivity contribution in [3.05, 3.63) is 30.5 Å². The van der Waals surface area contributed by atoms with Crippen LogP contribution in [0.2, 0.25) is 0 Å². The van der Waals surface area contributed by atoms with Crippen molar-refractivity contribution >= 4 is 0 Å². The first-order chi connectivity index (χ1) is 7.40. The van der Waals surface area contributed by atoms with Crippen molar-refractivity contribution < 1.29 is 4.42 Å². The molecular formula is C9H13N5O. The van der Waals surface area contributed by atoms with E-state index < -0.39 is 0 Å². The Balaban J connectivity index is 1.83. The van der Waals surface area contributed by atoms with Crippen molar-refractivity contribution in [3.8, 4) is 0 Å². The van der Waals surface area contributed by atoms with Gasteiger partial charge in [0.25, 0.3) is 0 Å². The van der Waals surface area contributed by atoms with Crippen molar-refractivity contribution in [2.45, 2.75) is 26.6 Å². The predicted octanol–water partition coefficient (Wildman–Crippen LogP) is 0.576. The van der Waals surface area contributed by atoms with Gasteiger partial charge in [0.05, 0.1) is 19.3 Å². The summed E-state index contributed by atoms with van der Waals surface area (Å²) in [7, 11) is 0. The normalized spacial score (nSPS) is 10.7. The molecule has 0 atom stereocenters. The molecule has 0 spiro atoms. The van der Waals surface area contributed by atoms with E-state index in [0.717, 1.165) is 18.1 Å². The molecule has 6 nitrogen and oxygen atoms in total. The molecule has 0 aliphatic carbocycles. The Morgan fingerprint density at radius 1 is 1.47 bits per heavy atom. The summed E-state index contributed by atoms with van der Waals surface area (Å²) in [5.41, 5.74) is 0. The van der Waals surface area contributed by atoms with Gasteiger partial charge in [-0.3, -0.25) is 0 Å². The smallest absolute Gasteiger partial charge is 0.180 e. The maximum absolute atomic E-state index is 5.09. The maximum atomic E-state index is 5.09. The highest BCUT2D eigenvalue weighted by Crippen LogP contribution is 1.98. The summed E-state index contributed by atoms with van der Waals surface area (Å²) in [6, 6.07) is 0. The molecule has 0 bridgehead atoms. The summed E-state index contributed by atoms with van der Waals surface area (Å²) in [4.78, 5) is 3.83. The molecule has 80 valence electrons. The quantitative estimate of drug-likeness (QED) is 0.776. The molecule has 0 fully saturated rings. The molecule has 0 amide bonds. The first kappa shape index (κ1) is 9.85. The Kier molecular flexibility index (Phi) is 3.08. The summed E-state index contributed by atoms with van der Waals surface area (Å²) in [5, 5.41) is 11.1. The average Bonchev–Trinajstić information content (AvgIpc) is 2.88. The van der Waals surface area contributed by atoms with E-state index in [1.807, 2.05) is 4.57 Å². The number of nitrogens with one attached hydrogen (secondary N) is 1. The van der Waals surface area contributed by atoms with Crippen LogP contribution >= 0.6 is 0 Å². The van der Waals surface area contributed by atoms with Crippen LogP contribution in [0.3, 0.4) is 0 Å². The number of nitrogens with zero attached hydrogens (tertiary/aromatic N) is 4. The van der Waals surface area contributed by atoms with E-state index in [9.17, 15) is 0 Å². The van der Waals surface area contributed by atoms with Crippen molar-refractivity contribution in [1.29, 1.82) is 0 Å². The van der Waals surface area contributed by atoms with Crippen LogP contribution in [-0.4, -0.2) is 19.7 Å². The zero-order valence-electron chi connectivity index (χ0n) is 8.55. The van der Waals surface area contributed by atoms with E-state index in [1.165, 1.54) is 6.39 Å². The molecule has 0 saturated carbocycles. The third-order valence-electron chi connectivity index (χ3n) is 2.10. The molecule has 1 N–H and O–H groups in total. The summed E-state index contributed by atoms with van der Waals surface area (Å²) < 4.78 is 7.09. The van der Waals surface area contributed by atoms with E-state index in [-0.39, 0.29) is 0 Å². The second kappa shape index (κ2) is 4.70. The summed E-state index contributed by atoms with van der Waals surface area (Å²) in [6.07, 6.45) is 4.84. The number of hydrogen-bond acceptors (Lipinski definition) is 5. The molecular weight excluding hydrogens is 194 g/mol. The molecule has 0 saturated heterocycles. The van der Waals surface area contributed by atoms with Gasteiger partial charge in [-0.1, -0.05) is 0 Å². The van der Waals surface area contributed by atoms with Crippen LogP contribution in [0, 0.1) is 0 Å². The molecule has 0 radical (unpaired) electrons. The zero-order valence-corrected chi connectivity index (χ0v) is 8.55. The van der Waals surface area contributed by atoms with Gasteiger partial charge in [0.1, 0.15) is 17.9 Å². The fourth-order valence-corrected chi connectivity index (χ4v) is 1.31. The van der Waals surface area contributed by atoms with Gasteiger partial charge in [0.2, 0.25) is 0 Å². The van der Waals surface area contributed by atoms with Gasteiger partial charge >= 0.3 is 0 Å². The van der Waals surface area contributed by atoms with Crippen LogP contribution < -0.4 is 5.32 Å². The SMILES string of the molecule is CCn1cnnc1CNCc1cnco1. The molecule has 0 unspecified atom stereocenters. The van der Waals surface area contributed by atoms with Crippen molar-refractivity contribution in [2.24, 2.45) is 0 Å². The van der Waals surface area contributed by atoms with Gasteiger partial charge in [-0.25, -0.2) is 4.98 Å². The molecule has 2 rings (SSSR count). The van der Waals surface area contributed by atoms with Crippen molar-refractivity contribution in [2.75, 3.05) is 0 Å². The summed E-state index contributed by atoms with van der Waals surface area (Å²) in [6.45, 7) is 4.26. The number of hydrogen-bond donors (Lipinski definition) is 1. The van der Waals surface area contributed by atoms with Crippen molar-refractivity contribution in [1.82, 2.24) is 25.1 Å². The molecule has 0 aliphatic rings. The molecule has 15 heavy (non-hydrogen) atoms. The summed E-state index contributed by atoms with van der Waals surface area (Å²) in [5.74, 6) is 1.74. The minimum absolute atomic E-state index is 0.649. The van der Waals surface area contributed by atoms with E-state index in [4.69, 9.17) is 4.42 Å². The highest BCUT2D eigenvalue weighted by molar-refractivity contribution is 4.89. The van der Waals surface area contributed by atoms with Gasteiger partial charge in [0.15, 0.2) is 6.39 Å². The third-order valence-corrected chi connectivity index (χ3v) is 2.10. The number of aromatic nitrogens is 4. The topological polar surface area (TPSA) is 68.8 Å². The third kappa shape index (κ3) is 2.41. The minimum Gasteiger partial charge on any atom is -0.447 e. The monoisotopic (exact) mass is 207 g/mol. The molecule has 6 heteroatoms. The lowest BCUT2D eigenvalue weighted by Gasteiger charge is -2.03. The van der Waals surface area contributed by atoms with Crippen LogP contribution in [0.1, 0.15) is 18.5 Å². The molecule has 2 heterocycles. The highest BCUT2D eigenvalue weighted by Gasteiger charge is 2.02. The molecule has 2 aromatic rings. The van der Waals surface area contributed by atoms with Gasteiger partial charge in [-0.15, -0.1) is 10.2 Å². The average molecular weight is 207 g/mol. The Hall–Kier alpha value is -1.69. The first-order valence-corrected chi connectivity index (χ1v) is 4.85. The van der Waals surface area contributed by atoms with Crippen LogP contribution in [-0.2, 0) is 19.6 Å². The molecule has 0 aliphatic heterocycles. The highest BCUT2D eigenvalue weighted by atomic mass is 16.3. The second-order valence-electron chi connectivity index (χ2n) is 3.10. The lowest BCUT2D eigenvalue weighted by atomic mass is 10.4. The second-order valence-corrected chi connectivity index (χ2v) is 3.10. The fraction of sp³-hybridized carbons (Fsp3) is 0.444. The van der Waals surface area contributed by atoms with Crippen LogP contribution in [0.15, 0.2) is 23.3 Å². The fourth-order valence-electron chi connectivity index (χ4n) is 1.31. The Labute approximate surface area is 87.3 Å². The lowest BCUT2D eigenvalue weighted by Crippen LogP contribution is -2.16. The first-order valence-electron chi connectivity index (χ1n) is 4.85. The van der Waals surface area contributed by atoms with Crippen LogP contribution in [0.5, 0.6) is 0 Å². The Bertz CT molecular complexity index is 394. The Morgan fingerprint density at radius 3 is 3.13 bits per heavy atom. The van der Waals surface area contributed by atoms with E-state index in [0.29, 0.717) is 13.1 Å². The van der Waals surface area contributed by atoms with Gasteiger partial charge in [-0.2, -0.15) is 0 Å². The molecule has 2 aromatic heterocycles. The zero-order chi connectivity index (χ0) is 10.5. The van der Waals surface area contributed by atoms with E-state index in [1.54, 1.807) is 12.5 Å². The standard InChI is InChI=1S/C9H13N5O/c1-2-14-6-12-13-9(14)5-10-3-8-4-11-7-15-8/h4,6-7,10H,2-3,5H2,1H3. The van der Waals surface area contributed by atoms with Gasteiger partial charge in [0, 0.05) is 6.54 Å². The molecule has 0 aromatic carbocycles. The number of aryl methyl sites for hydroxylation is 1. The van der Waals surface area contributed by atoms with Gasteiger partial charge in [-0.05, 0) is 6.92 Å². The van der Waals surface area contributed by atoms with Crippen LogP contribution in [0.4, 0.5) is 0 Å². The van der Waals surface area contributed by atoms with Gasteiger partial charge < -0.3 is 14.3 Å². The van der Waals surface area contributed by atoms with E-state index >= 15 is 0 Å². The predicted molar refractivity (Wildman–Crippen MR) is 52.7 cm³/mol. The number of rotatable bonds is 5. The van der Waals surface area contributed by atoms with Crippen LogP contribution in [0.25, 0.3) is 0 Å². The largest absolute Gasteiger partial charge is 0.447 e.